The summed E-state index contributed by atoms with van der Waals surface area (Å²) in [6.07, 6.45) is 2.17. The van der Waals surface area contributed by atoms with E-state index in [9.17, 15) is 9.90 Å². The van der Waals surface area contributed by atoms with Gasteiger partial charge < -0.3 is 24.4 Å². The summed E-state index contributed by atoms with van der Waals surface area (Å²) >= 11 is 0. The average molecular weight is 354 g/mol. The lowest BCUT2D eigenvalue weighted by atomic mass is 9.85. The second-order valence-electron chi connectivity index (χ2n) is 6.95. The lowest BCUT2D eigenvalue weighted by molar-refractivity contribution is 0.142. The van der Waals surface area contributed by atoms with Crippen molar-refractivity contribution in [2.45, 2.75) is 65.7 Å². The summed E-state index contributed by atoms with van der Waals surface area (Å²) in [4.78, 5) is 10.9. The normalized spacial score (nSPS) is 11.2. The van der Waals surface area contributed by atoms with Gasteiger partial charge in [-0.15, -0.1) is 0 Å². The molecule has 0 aliphatic heterocycles. The topological polar surface area (TPSA) is 85.2 Å². The highest BCUT2D eigenvalue weighted by Gasteiger charge is 2.30. The number of benzene rings is 1. The Morgan fingerprint density at radius 2 is 1.60 bits per heavy atom. The molecule has 142 valence electrons. The van der Waals surface area contributed by atoms with E-state index in [1.807, 2.05) is 20.8 Å². The van der Waals surface area contributed by atoms with E-state index in [0.29, 0.717) is 30.3 Å². The Bertz CT molecular complexity index is 574. The van der Waals surface area contributed by atoms with Crippen molar-refractivity contribution in [3.05, 3.63) is 11.6 Å². The summed E-state index contributed by atoms with van der Waals surface area (Å²) in [6.45, 7) is 10.8. The van der Waals surface area contributed by atoms with Gasteiger partial charge in [-0.25, -0.2) is 4.79 Å². The minimum Gasteiger partial charge on any atom is -0.504 e. The van der Waals surface area contributed by atoms with Gasteiger partial charge in [-0.05, 0) is 18.3 Å². The van der Waals surface area contributed by atoms with Crippen LogP contribution >= 0.6 is 0 Å². The van der Waals surface area contributed by atoms with Crippen LogP contribution in [0.3, 0.4) is 0 Å². The van der Waals surface area contributed by atoms with Crippen molar-refractivity contribution < 1.29 is 29.2 Å². The molecule has 0 radical (unpaired) electrons. The zero-order valence-electron chi connectivity index (χ0n) is 15.8. The Kier molecular flexibility index (Phi) is 7.87. The Morgan fingerprint density at radius 1 is 1.04 bits per heavy atom. The number of phenolic OH excluding ortho intramolecular Hbond substituents is 1. The van der Waals surface area contributed by atoms with Gasteiger partial charge in [0, 0.05) is 11.6 Å². The third-order valence-corrected chi connectivity index (χ3v) is 3.63. The van der Waals surface area contributed by atoms with Gasteiger partial charge in [0.25, 0.3) is 0 Å². The Morgan fingerprint density at radius 3 is 2.08 bits per heavy atom. The first kappa shape index (κ1) is 20.9. The maximum Gasteiger partial charge on any atom is 0.511 e. The van der Waals surface area contributed by atoms with E-state index in [4.69, 9.17) is 19.3 Å². The maximum absolute atomic E-state index is 10.9. The van der Waals surface area contributed by atoms with E-state index in [1.54, 1.807) is 0 Å². The zero-order valence-corrected chi connectivity index (χ0v) is 15.8. The minimum absolute atomic E-state index is 0.147. The molecule has 0 bridgehead atoms. The van der Waals surface area contributed by atoms with Crippen LogP contribution in [0.5, 0.6) is 23.0 Å². The van der Waals surface area contributed by atoms with Gasteiger partial charge in [0.05, 0.1) is 13.2 Å². The van der Waals surface area contributed by atoms with Crippen molar-refractivity contribution in [3.63, 3.8) is 0 Å². The molecular formula is C19H30O6. The quantitative estimate of drug-likeness (QED) is 0.364. The van der Waals surface area contributed by atoms with Crippen molar-refractivity contribution in [2.75, 3.05) is 13.2 Å². The van der Waals surface area contributed by atoms with E-state index in [2.05, 4.69) is 13.8 Å². The van der Waals surface area contributed by atoms with Crippen LogP contribution in [-0.2, 0) is 5.41 Å². The molecule has 0 amide bonds. The zero-order chi connectivity index (χ0) is 19.0. The molecule has 0 saturated carbocycles. The molecule has 6 heteroatoms. The number of unbranched alkanes of at least 4 members (excludes halogenated alkanes) is 2. The monoisotopic (exact) mass is 354 g/mol. The first-order valence-corrected chi connectivity index (χ1v) is 8.79. The number of hydrogen-bond donors (Lipinski definition) is 2. The molecule has 2 N–H and O–H groups in total. The fourth-order valence-corrected chi connectivity index (χ4v) is 2.37. The molecule has 0 aromatic heterocycles. The summed E-state index contributed by atoms with van der Waals surface area (Å²) in [5.41, 5.74) is -0.0133. The molecule has 0 aliphatic rings. The molecule has 1 aromatic carbocycles. The molecule has 6 nitrogen and oxygen atoms in total. The van der Waals surface area contributed by atoms with Gasteiger partial charge in [-0.1, -0.05) is 47.5 Å². The highest BCUT2D eigenvalue weighted by atomic mass is 16.7. The Hall–Kier alpha value is -2.11. The maximum atomic E-state index is 10.9. The van der Waals surface area contributed by atoms with Crippen LogP contribution in [0.25, 0.3) is 0 Å². The average Bonchev–Trinajstić information content (AvgIpc) is 2.49. The van der Waals surface area contributed by atoms with Crippen LogP contribution in [0.2, 0.25) is 0 Å². The first-order valence-electron chi connectivity index (χ1n) is 8.79. The van der Waals surface area contributed by atoms with Gasteiger partial charge in [-0.2, -0.15) is 0 Å². The lowest BCUT2D eigenvalue weighted by Gasteiger charge is -2.27. The molecule has 0 aliphatic carbocycles. The van der Waals surface area contributed by atoms with Gasteiger partial charge in [0.15, 0.2) is 23.0 Å². The molecule has 0 spiro atoms. The Balaban J connectivity index is 3.43. The fraction of sp³-hybridized carbons (Fsp3) is 0.632. The number of hydrogen-bond acceptors (Lipinski definition) is 5. The van der Waals surface area contributed by atoms with Crippen LogP contribution in [0.15, 0.2) is 6.07 Å². The highest BCUT2D eigenvalue weighted by molar-refractivity contribution is 5.68. The first-order chi connectivity index (χ1) is 11.7. The van der Waals surface area contributed by atoms with Gasteiger partial charge in [0.2, 0.25) is 0 Å². The van der Waals surface area contributed by atoms with Crippen LogP contribution < -0.4 is 14.2 Å². The van der Waals surface area contributed by atoms with Crippen LogP contribution in [0, 0.1) is 0 Å². The summed E-state index contributed by atoms with van der Waals surface area (Å²) in [6, 6.07) is 1.38. The number of phenols is 1. The summed E-state index contributed by atoms with van der Waals surface area (Å²) in [5, 5.41) is 19.5. The van der Waals surface area contributed by atoms with E-state index in [0.717, 1.165) is 25.7 Å². The van der Waals surface area contributed by atoms with Crippen molar-refractivity contribution in [1.82, 2.24) is 0 Å². The predicted octanol–water partition coefficient (Wildman–Crippen LogP) is 5.10. The number of rotatable bonds is 9. The second kappa shape index (κ2) is 9.39. The summed E-state index contributed by atoms with van der Waals surface area (Å²) < 4.78 is 16.5. The standard InChI is InChI=1S/C19H30O6/c1-6-8-10-23-14-12-13(25-18(21)22)16(20)15(19(3,4)5)17(14)24-11-9-7-2/h12,20H,6-11H2,1-5H3,(H,21,22). The SMILES string of the molecule is CCCCOc1cc(OC(=O)O)c(O)c(C(C)(C)C)c1OCCCC. The fourth-order valence-electron chi connectivity index (χ4n) is 2.37. The summed E-state index contributed by atoms with van der Waals surface area (Å²) in [5.74, 6) is 0.465. The highest BCUT2D eigenvalue weighted by Crippen LogP contribution is 2.49. The number of ether oxygens (including phenoxy) is 3. The minimum atomic E-state index is -1.49. The third-order valence-electron chi connectivity index (χ3n) is 3.63. The molecule has 1 aromatic rings. The van der Waals surface area contributed by atoms with Crippen molar-refractivity contribution >= 4 is 6.16 Å². The number of carboxylic acid groups (broad SMARTS) is 1. The van der Waals surface area contributed by atoms with E-state index < -0.39 is 11.6 Å². The van der Waals surface area contributed by atoms with Crippen molar-refractivity contribution in [3.8, 4) is 23.0 Å². The van der Waals surface area contributed by atoms with Crippen LogP contribution in [0.1, 0.15) is 65.9 Å². The molecule has 1 rings (SSSR count). The summed E-state index contributed by atoms with van der Waals surface area (Å²) in [7, 11) is 0. The molecule has 0 heterocycles. The Labute approximate surface area is 149 Å². The molecule has 0 saturated heterocycles. The van der Waals surface area contributed by atoms with Gasteiger partial charge in [0.1, 0.15) is 0 Å². The molecule has 25 heavy (non-hydrogen) atoms. The van der Waals surface area contributed by atoms with Crippen LogP contribution in [0.4, 0.5) is 4.79 Å². The van der Waals surface area contributed by atoms with Crippen LogP contribution in [-0.4, -0.2) is 29.6 Å². The number of carbonyl (C=O) groups is 1. The molecular weight excluding hydrogens is 324 g/mol. The van der Waals surface area contributed by atoms with Gasteiger partial charge in [-0.3, -0.25) is 0 Å². The molecule has 0 unspecified atom stereocenters. The van der Waals surface area contributed by atoms with E-state index in [1.165, 1.54) is 6.07 Å². The lowest BCUT2D eigenvalue weighted by Crippen LogP contribution is -2.17. The van der Waals surface area contributed by atoms with Crippen molar-refractivity contribution in [2.24, 2.45) is 0 Å². The van der Waals surface area contributed by atoms with Gasteiger partial charge >= 0.3 is 6.16 Å². The largest absolute Gasteiger partial charge is 0.511 e. The second-order valence-corrected chi connectivity index (χ2v) is 6.95. The van der Waals surface area contributed by atoms with E-state index in [-0.39, 0.29) is 11.5 Å². The smallest absolute Gasteiger partial charge is 0.504 e. The third kappa shape index (κ3) is 6.03. The molecule has 0 atom stereocenters. The predicted molar refractivity (Wildman–Crippen MR) is 96.3 cm³/mol. The number of aromatic hydroxyl groups is 1. The van der Waals surface area contributed by atoms with E-state index >= 15 is 0 Å². The van der Waals surface area contributed by atoms with Crippen molar-refractivity contribution in [1.29, 1.82) is 0 Å². The molecule has 0 fully saturated rings.